The Morgan fingerprint density at radius 3 is 2.77 bits per heavy atom. The third-order valence-corrected chi connectivity index (χ3v) is 1.95. The summed E-state index contributed by atoms with van der Waals surface area (Å²) in [7, 11) is 0. The zero-order chi connectivity index (χ0) is 9.90. The van der Waals surface area contributed by atoms with Crippen LogP contribution in [0.3, 0.4) is 0 Å². The summed E-state index contributed by atoms with van der Waals surface area (Å²) in [5.74, 6) is 0. The maximum Gasteiger partial charge on any atom is 0.248 e. The van der Waals surface area contributed by atoms with Gasteiger partial charge >= 0.3 is 0 Å². The average molecular weight is 181 g/mol. The van der Waals surface area contributed by atoms with E-state index >= 15 is 0 Å². The third-order valence-electron chi connectivity index (χ3n) is 1.95. The zero-order valence-electron chi connectivity index (χ0n) is 8.00. The molecule has 72 valence electrons. The number of H-pyrrole nitrogens is 1. The summed E-state index contributed by atoms with van der Waals surface area (Å²) in [6, 6.07) is 3.43. The molecule has 0 amide bonds. The van der Waals surface area contributed by atoms with E-state index in [1.807, 2.05) is 19.9 Å². The largest absolute Gasteiger partial charge is 0.396 e. The van der Waals surface area contributed by atoms with E-state index < -0.39 is 0 Å². The van der Waals surface area contributed by atoms with Crippen LogP contribution in [0.1, 0.15) is 19.4 Å². The lowest BCUT2D eigenvalue weighted by molar-refractivity contribution is 0.159. The monoisotopic (exact) mass is 181 g/mol. The maximum absolute atomic E-state index is 10.9. The molecule has 1 heterocycles. The van der Waals surface area contributed by atoms with Gasteiger partial charge in [-0.2, -0.15) is 0 Å². The Morgan fingerprint density at radius 1 is 1.54 bits per heavy atom. The van der Waals surface area contributed by atoms with E-state index in [0.29, 0.717) is 6.42 Å². The van der Waals surface area contributed by atoms with E-state index in [0.717, 1.165) is 5.56 Å². The molecule has 1 aromatic rings. The van der Waals surface area contributed by atoms with Gasteiger partial charge in [-0.15, -0.1) is 0 Å². The van der Waals surface area contributed by atoms with Crippen LogP contribution in [0.25, 0.3) is 0 Å². The number of aromatic amines is 1. The Balaban J connectivity index is 2.80. The zero-order valence-corrected chi connectivity index (χ0v) is 8.00. The van der Waals surface area contributed by atoms with Crippen molar-refractivity contribution in [1.82, 2.24) is 4.98 Å². The SMILES string of the molecule is CC(C)(CO)Cc1cc[nH]c(=O)c1. The van der Waals surface area contributed by atoms with Crippen molar-refractivity contribution in [3.63, 3.8) is 0 Å². The van der Waals surface area contributed by atoms with Gasteiger partial charge in [-0.25, -0.2) is 0 Å². The molecule has 0 saturated carbocycles. The first-order valence-electron chi connectivity index (χ1n) is 4.32. The Labute approximate surface area is 77.4 Å². The molecule has 0 aliphatic rings. The number of aromatic nitrogens is 1. The molecule has 1 aromatic heterocycles. The smallest absolute Gasteiger partial charge is 0.248 e. The fourth-order valence-corrected chi connectivity index (χ4v) is 1.21. The van der Waals surface area contributed by atoms with Crippen LogP contribution in [0.4, 0.5) is 0 Å². The molecule has 0 bridgehead atoms. The van der Waals surface area contributed by atoms with Crippen molar-refractivity contribution in [2.24, 2.45) is 5.41 Å². The highest BCUT2D eigenvalue weighted by molar-refractivity contribution is 5.11. The lowest BCUT2D eigenvalue weighted by atomic mass is 9.87. The first kappa shape index (κ1) is 9.99. The minimum atomic E-state index is -0.159. The predicted molar refractivity (Wildman–Crippen MR) is 51.6 cm³/mol. The van der Waals surface area contributed by atoms with Crippen LogP contribution in [0.5, 0.6) is 0 Å². The number of hydrogen-bond donors (Lipinski definition) is 2. The number of rotatable bonds is 3. The number of hydrogen-bond acceptors (Lipinski definition) is 2. The Hall–Kier alpha value is -1.09. The summed E-state index contributed by atoms with van der Waals surface area (Å²) < 4.78 is 0. The Morgan fingerprint density at radius 2 is 2.23 bits per heavy atom. The van der Waals surface area contributed by atoms with Crippen molar-refractivity contribution < 1.29 is 5.11 Å². The first-order valence-corrected chi connectivity index (χ1v) is 4.32. The number of aliphatic hydroxyl groups excluding tert-OH is 1. The number of nitrogens with one attached hydrogen (secondary N) is 1. The molecule has 0 aliphatic carbocycles. The van der Waals surface area contributed by atoms with E-state index in [9.17, 15) is 4.79 Å². The van der Waals surface area contributed by atoms with Gasteiger partial charge in [-0.3, -0.25) is 4.79 Å². The van der Waals surface area contributed by atoms with Gasteiger partial charge in [0, 0.05) is 18.9 Å². The lowest BCUT2D eigenvalue weighted by Crippen LogP contribution is -2.20. The molecule has 1 rings (SSSR count). The van der Waals surface area contributed by atoms with Crippen LogP contribution in [0.15, 0.2) is 23.1 Å². The van der Waals surface area contributed by atoms with Crippen molar-refractivity contribution in [3.05, 3.63) is 34.2 Å². The summed E-state index contributed by atoms with van der Waals surface area (Å²) in [6.45, 7) is 4.06. The molecule has 0 radical (unpaired) electrons. The molecule has 0 unspecified atom stereocenters. The molecule has 0 aromatic carbocycles. The number of pyridine rings is 1. The van der Waals surface area contributed by atoms with Crippen LogP contribution >= 0.6 is 0 Å². The van der Waals surface area contributed by atoms with E-state index in [2.05, 4.69) is 4.98 Å². The van der Waals surface area contributed by atoms with Gasteiger partial charge < -0.3 is 10.1 Å². The molecule has 0 fully saturated rings. The van der Waals surface area contributed by atoms with Gasteiger partial charge in [0.05, 0.1) is 0 Å². The highest BCUT2D eigenvalue weighted by Gasteiger charge is 2.16. The van der Waals surface area contributed by atoms with Crippen molar-refractivity contribution in [3.8, 4) is 0 Å². The van der Waals surface area contributed by atoms with Crippen LogP contribution in [-0.2, 0) is 6.42 Å². The highest BCUT2D eigenvalue weighted by Crippen LogP contribution is 2.19. The normalized spacial score (nSPS) is 11.6. The van der Waals surface area contributed by atoms with Gasteiger partial charge in [0.2, 0.25) is 5.56 Å². The quantitative estimate of drug-likeness (QED) is 0.729. The first-order chi connectivity index (χ1) is 6.03. The second-order valence-corrected chi connectivity index (χ2v) is 4.06. The van der Waals surface area contributed by atoms with Crippen molar-refractivity contribution in [1.29, 1.82) is 0 Å². The van der Waals surface area contributed by atoms with Crippen molar-refractivity contribution in [2.75, 3.05) is 6.61 Å². The minimum absolute atomic E-state index is 0.0914. The second kappa shape index (κ2) is 3.75. The summed E-state index contributed by atoms with van der Waals surface area (Å²) in [6.07, 6.45) is 2.35. The minimum Gasteiger partial charge on any atom is -0.396 e. The van der Waals surface area contributed by atoms with Crippen molar-refractivity contribution in [2.45, 2.75) is 20.3 Å². The highest BCUT2D eigenvalue weighted by atomic mass is 16.3. The van der Waals surface area contributed by atoms with Crippen LogP contribution in [0, 0.1) is 5.41 Å². The lowest BCUT2D eigenvalue weighted by Gasteiger charge is -2.20. The second-order valence-electron chi connectivity index (χ2n) is 4.06. The molecule has 0 saturated heterocycles. The van der Waals surface area contributed by atoms with Gasteiger partial charge in [0.25, 0.3) is 0 Å². The van der Waals surface area contributed by atoms with Gasteiger partial charge in [0.1, 0.15) is 0 Å². The molecule has 0 aliphatic heterocycles. The Kier molecular flexibility index (Phi) is 2.88. The van der Waals surface area contributed by atoms with Gasteiger partial charge in [0.15, 0.2) is 0 Å². The van der Waals surface area contributed by atoms with Crippen LogP contribution in [0.2, 0.25) is 0 Å². The molecule has 0 spiro atoms. The molecule has 3 nitrogen and oxygen atoms in total. The van der Waals surface area contributed by atoms with E-state index in [1.54, 1.807) is 12.3 Å². The molecule has 13 heavy (non-hydrogen) atoms. The molecule has 0 atom stereocenters. The fourth-order valence-electron chi connectivity index (χ4n) is 1.21. The molecular formula is C10H15NO2. The summed E-state index contributed by atoms with van der Waals surface area (Å²) in [4.78, 5) is 13.5. The van der Waals surface area contributed by atoms with E-state index in [4.69, 9.17) is 5.11 Å². The summed E-state index contributed by atoms with van der Waals surface area (Å²) in [5, 5.41) is 9.04. The van der Waals surface area contributed by atoms with E-state index in [1.165, 1.54) is 0 Å². The number of aliphatic hydroxyl groups is 1. The van der Waals surface area contributed by atoms with Crippen LogP contribution in [-0.4, -0.2) is 16.7 Å². The topological polar surface area (TPSA) is 53.1 Å². The average Bonchev–Trinajstić information content (AvgIpc) is 2.03. The molecule has 2 N–H and O–H groups in total. The maximum atomic E-state index is 10.9. The van der Waals surface area contributed by atoms with Gasteiger partial charge in [-0.05, 0) is 23.5 Å². The fraction of sp³-hybridized carbons (Fsp3) is 0.500. The third kappa shape index (κ3) is 3.03. The van der Waals surface area contributed by atoms with E-state index in [-0.39, 0.29) is 17.6 Å². The van der Waals surface area contributed by atoms with Crippen LogP contribution < -0.4 is 5.56 Å². The molecular weight excluding hydrogens is 166 g/mol. The van der Waals surface area contributed by atoms with Crippen molar-refractivity contribution >= 4 is 0 Å². The summed E-state index contributed by atoms with van der Waals surface area (Å²) >= 11 is 0. The predicted octanol–water partition coefficient (Wildman–Crippen LogP) is 0.936. The Bertz CT molecular complexity index is 328. The van der Waals surface area contributed by atoms with Gasteiger partial charge in [-0.1, -0.05) is 13.8 Å². The summed E-state index contributed by atoms with van der Waals surface area (Å²) in [5.41, 5.74) is 0.711. The molecule has 3 heteroatoms. The standard InChI is InChI=1S/C10H15NO2/c1-10(2,7-12)6-8-3-4-11-9(13)5-8/h3-5,12H,6-7H2,1-2H3,(H,11,13).